The zero-order valence-electron chi connectivity index (χ0n) is 22.0. The Balaban J connectivity index is 1.44. The van der Waals surface area contributed by atoms with Crippen LogP contribution in [0.1, 0.15) is 16.1 Å². The Hall–Kier alpha value is -5.03. The molecule has 5 rings (SSSR count). The van der Waals surface area contributed by atoms with E-state index in [9.17, 15) is 18.8 Å². The predicted molar refractivity (Wildman–Crippen MR) is 151 cm³/mol. The first-order valence-electron chi connectivity index (χ1n) is 12.3. The van der Waals surface area contributed by atoms with E-state index in [-0.39, 0.29) is 22.7 Å². The normalized spacial score (nSPS) is 13.0. The van der Waals surface area contributed by atoms with Gasteiger partial charge in [-0.15, -0.1) is 0 Å². The van der Waals surface area contributed by atoms with Crippen LogP contribution >= 0.6 is 11.8 Å². The Bertz CT molecular complexity index is 1640. The molecule has 1 aromatic heterocycles. The highest BCUT2D eigenvalue weighted by Crippen LogP contribution is 2.39. The van der Waals surface area contributed by atoms with Gasteiger partial charge in [0.05, 0.1) is 32.7 Å². The maximum atomic E-state index is 13.6. The highest BCUT2D eigenvalue weighted by atomic mass is 32.2. The molecule has 0 radical (unpaired) electrons. The zero-order valence-corrected chi connectivity index (χ0v) is 22.8. The number of furan rings is 1. The van der Waals surface area contributed by atoms with Crippen LogP contribution in [0.2, 0.25) is 0 Å². The highest BCUT2D eigenvalue weighted by molar-refractivity contribution is 8.04. The van der Waals surface area contributed by atoms with E-state index in [0.29, 0.717) is 33.5 Å². The minimum absolute atomic E-state index is 0.0482. The van der Waals surface area contributed by atoms with Gasteiger partial charge in [0.2, 0.25) is 0 Å². The molecule has 0 saturated carbocycles. The summed E-state index contributed by atoms with van der Waals surface area (Å²) in [5.74, 6) is -0.483. The zero-order chi connectivity index (χ0) is 28.9. The number of hydrogen-bond acceptors (Lipinski definition) is 8. The van der Waals surface area contributed by atoms with Gasteiger partial charge in [-0.2, -0.15) is 0 Å². The molecule has 0 unspecified atom stereocenters. The topological polar surface area (TPSA) is 110 Å². The average Bonchev–Trinajstić information content (AvgIpc) is 3.57. The minimum Gasteiger partial charge on any atom is -0.497 e. The maximum absolute atomic E-state index is 13.6. The number of thioether (sulfide) groups is 1. The van der Waals surface area contributed by atoms with Gasteiger partial charge in [-0.25, -0.2) is 4.39 Å². The summed E-state index contributed by atoms with van der Waals surface area (Å²) in [6.07, 6.45) is 1.47. The molecular formula is C30H24FN3O6S. The van der Waals surface area contributed by atoms with E-state index in [1.54, 1.807) is 54.6 Å². The Morgan fingerprint density at radius 2 is 1.76 bits per heavy atom. The number of methoxy groups -OCH3 is 2. The van der Waals surface area contributed by atoms with Crippen LogP contribution in [-0.4, -0.2) is 36.8 Å². The van der Waals surface area contributed by atoms with Crippen LogP contribution in [0.5, 0.6) is 11.5 Å². The summed E-state index contributed by atoms with van der Waals surface area (Å²) in [4.78, 5) is 41.6. The van der Waals surface area contributed by atoms with Crippen molar-refractivity contribution in [3.8, 4) is 11.5 Å². The SMILES string of the molecule is COc1ccc(NC2=C(Sc3cccc(NC(=O)c4ccc(F)cc4)c3)C(=O)N(Cc3ccco3)C2=O)c(OC)c1. The van der Waals surface area contributed by atoms with Crippen LogP contribution < -0.4 is 20.1 Å². The molecule has 3 amide bonds. The van der Waals surface area contributed by atoms with Crippen molar-refractivity contribution in [2.24, 2.45) is 0 Å². The van der Waals surface area contributed by atoms with Crippen LogP contribution in [0.4, 0.5) is 15.8 Å². The molecule has 4 aromatic rings. The molecule has 11 heteroatoms. The van der Waals surface area contributed by atoms with Crippen molar-refractivity contribution < 1.29 is 32.7 Å². The first-order chi connectivity index (χ1) is 19.9. The quantitative estimate of drug-likeness (QED) is 0.234. The van der Waals surface area contributed by atoms with Gasteiger partial charge in [-0.3, -0.25) is 19.3 Å². The van der Waals surface area contributed by atoms with E-state index < -0.39 is 23.5 Å². The Labute approximate surface area is 238 Å². The van der Waals surface area contributed by atoms with Crippen molar-refractivity contribution in [1.29, 1.82) is 0 Å². The summed E-state index contributed by atoms with van der Waals surface area (Å²) < 4.78 is 29.3. The van der Waals surface area contributed by atoms with Crippen LogP contribution in [0.15, 0.2) is 105 Å². The third-order valence-corrected chi connectivity index (χ3v) is 7.18. The summed E-state index contributed by atoms with van der Waals surface area (Å²) in [5, 5.41) is 5.85. The van der Waals surface area contributed by atoms with Crippen molar-refractivity contribution in [1.82, 2.24) is 4.90 Å². The summed E-state index contributed by atoms with van der Waals surface area (Å²) in [7, 11) is 3.02. The number of hydrogen-bond donors (Lipinski definition) is 2. The number of nitrogens with one attached hydrogen (secondary N) is 2. The third-order valence-electron chi connectivity index (χ3n) is 6.11. The van der Waals surface area contributed by atoms with Crippen molar-refractivity contribution in [2.75, 3.05) is 24.9 Å². The molecule has 0 aliphatic carbocycles. The first kappa shape index (κ1) is 27.5. The Kier molecular flexibility index (Phi) is 8.06. The van der Waals surface area contributed by atoms with Crippen LogP contribution in [-0.2, 0) is 16.1 Å². The first-order valence-corrected chi connectivity index (χ1v) is 13.1. The highest BCUT2D eigenvalue weighted by Gasteiger charge is 2.40. The van der Waals surface area contributed by atoms with Gasteiger partial charge in [0.25, 0.3) is 17.7 Å². The summed E-state index contributed by atoms with van der Waals surface area (Å²) in [6.45, 7) is -0.0482. The second kappa shape index (κ2) is 12.0. The molecule has 2 N–H and O–H groups in total. The summed E-state index contributed by atoms with van der Waals surface area (Å²) in [5.41, 5.74) is 1.27. The van der Waals surface area contributed by atoms with E-state index in [4.69, 9.17) is 13.9 Å². The lowest BCUT2D eigenvalue weighted by atomic mass is 10.2. The van der Waals surface area contributed by atoms with Gasteiger partial charge in [0.1, 0.15) is 33.7 Å². The van der Waals surface area contributed by atoms with Gasteiger partial charge in [-0.1, -0.05) is 17.8 Å². The van der Waals surface area contributed by atoms with Crippen molar-refractivity contribution in [3.05, 3.63) is 113 Å². The van der Waals surface area contributed by atoms with Gasteiger partial charge in [0.15, 0.2) is 0 Å². The molecule has 41 heavy (non-hydrogen) atoms. The van der Waals surface area contributed by atoms with E-state index in [1.807, 2.05) is 0 Å². The molecule has 0 bridgehead atoms. The fourth-order valence-electron chi connectivity index (χ4n) is 4.06. The number of benzene rings is 3. The predicted octanol–water partition coefficient (Wildman–Crippen LogP) is 5.67. The Morgan fingerprint density at radius 1 is 0.951 bits per heavy atom. The molecule has 1 aliphatic rings. The van der Waals surface area contributed by atoms with Crippen LogP contribution in [0.3, 0.4) is 0 Å². The summed E-state index contributed by atoms with van der Waals surface area (Å²) in [6, 6.07) is 20.4. The summed E-state index contributed by atoms with van der Waals surface area (Å²) >= 11 is 1.07. The largest absolute Gasteiger partial charge is 0.497 e. The molecule has 1 aliphatic heterocycles. The molecule has 2 heterocycles. The number of imide groups is 1. The van der Waals surface area contributed by atoms with Crippen LogP contribution in [0.25, 0.3) is 0 Å². The van der Waals surface area contributed by atoms with Gasteiger partial charge in [0, 0.05) is 22.2 Å². The fraction of sp³-hybridized carbons (Fsp3) is 0.100. The number of ether oxygens (including phenoxy) is 2. The molecule has 9 nitrogen and oxygen atoms in total. The maximum Gasteiger partial charge on any atom is 0.278 e. The van der Waals surface area contributed by atoms with E-state index in [2.05, 4.69) is 10.6 Å². The lowest BCUT2D eigenvalue weighted by molar-refractivity contribution is -0.138. The van der Waals surface area contributed by atoms with Gasteiger partial charge in [-0.05, 0) is 66.7 Å². The van der Waals surface area contributed by atoms with Gasteiger partial charge >= 0.3 is 0 Å². The molecular weight excluding hydrogens is 549 g/mol. The standard InChI is InChI=1S/C30H24FN3O6S/c1-38-21-12-13-24(25(16-21)39-2)33-26-27(30(37)34(29(26)36)17-22-6-4-14-40-22)41-23-7-3-5-20(15-23)32-28(35)18-8-10-19(31)11-9-18/h3-16,33H,17H2,1-2H3,(H,32,35). The molecule has 0 spiro atoms. The lowest BCUT2D eigenvalue weighted by Gasteiger charge is -2.15. The van der Waals surface area contributed by atoms with Crippen molar-refractivity contribution in [2.45, 2.75) is 11.4 Å². The number of carbonyl (C=O) groups is 3. The number of amides is 3. The number of rotatable bonds is 10. The number of anilines is 2. The Morgan fingerprint density at radius 3 is 2.46 bits per heavy atom. The number of nitrogens with zero attached hydrogens (tertiary/aromatic N) is 1. The van der Waals surface area contributed by atoms with Crippen molar-refractivity contribution >= 4 is 40.9 Å². The smallest absolute Gasteiger partial charge is 0.278 e. The lowest BCUT2D eigenvalue weighted by Crippen LogP contribution is -2.31. The third kappa shape index (κ3) is 6.10. The molecule has 0 atom stereocenters. The fourth-order valence-corrected chi connectivity index (χ4v) is 5.06. The average molecular weight is 574 g/mol. The van der Waals surface area contributed by atoms with E-state index in [0.717, 1.165) is 16.7 Å². The second-order valence-corrected chi connectivity index (χ2v) is 9.85. The number of halogens is 1. The monoisotopic (exact) mass is 573 g/mol. The van der Waals surface area contributed by atoms with Crippen LogP contribution in [0, 0.1) is 5.82 Å². The second-order valence-electron chi connectivity index (χ2n) is 8.76. The van der Waals surface area contributed by atoms with Crippen molar-refractivity contribution in [3.63, 3.8) is 0 Å². The molecule has 208 valence electrons. The number of carbonyl (C=O) groups excluding carboxylic acids is 3. The van der Waals surface area contributed by atoms with E-state index in [1.165, 1.54) is 44.7 Å². The molecule has 0 saturated heterocycles. The molecule has 3 aromatic carbocycles. The molecule has 0 fully saturated rings. The van der Waals surface area contributed by atoms with E-state index >= 15 is 0 Å². The van der Waals surface area contributed by atoms with Gasteiger partial charge < -0.3 is 24.5 Å². The minimum atomic E-state index is -0.535.